The third kappa shape index (κ3) is 4.04. The highest BCUT2D eigenvalue weighted by Gasteiger charge is 2.43. The fraction of sp³-hybridized carbons (Fsp3) is 0.280. The molecule has 0 saturated heterocycles. The van der Waals surface area contributed by atoms with Crippen molar-refractivity contribution in [1.82, 2.24) is 0 Å². The van der Waals surface area contributed by atoms with Gasteiger partial charge in [-0.2, -0.15) is 0 Å². The van der Waals surface area contributed by atoms with E-state index in [1.807, 2.05) is 0 Å². The van der Waals surface area contributed by atoms with Crippen LogP contribution in [0.25, 0.3) is 0 Å². The van der Waals surface area contributed by atoms with Gasteiger partial charge in [-0.1, -0.05) is 17.7 Å². The van der Waals surface area contributed by atoms with Crippen LogP contribution in [0.15, 0.2) is 65.1 Å². The molecule has 2 aromatic carbocycles. The minimum absolute atomic E-state index is 0.0650. The first-order valence-corrected chi connectivity index (χ1v) is 11.1. The summed E-state index contributed by atoms with van der Waals surface area (Å²) in [6.07, 6.45) is 1.64. The van der Waals surface area contributed by atoms with E-state index < -0.39 is 11.9 Å². The lowest BCUT2D eigenvalue weighted by atomic mass is 9.75. The first kappa shape index (κ1) is 22.7. The molecular weight excluding hydrogens is 444 g/mol. The summed E-state index contributed by atoms with van der Waals surface area (Å²) in [6.45, 7) is 1.86. The number of aromatic hydroxyl groups is 1. The van der Waals surface area contributed by atoms with Crippen LogP contribution < -0.4 is 15.4 Å². The maximum Gasteiger partial charge on any atom is 0.338 e. The molecule has 0 saturated carbocycles. The Kier molecular flexibility index (Phi) is 6.33. The number of rotatable bonds is 5. The Bertz CT molecular complexity index is 1170. The number of allylic oxidation sites excluding steroid dienone is 2. The number of Topliss-reactive ketones (excluding diaryl/α,β-unsaturated/α-hetero) is 1. The van der Waals surface area contributed by atoms with Gasteiger partial charge in [-0.3, -0.25) is 9.69 Å². The third-order valence-electron chi connectivity index (χ3n) is 5.91. The Morgan fingerprint density at radius 2 is 1.94 bits per heavy atom. The minimum atomic E-state index is -0.771. The van der Waals surface area contributed by atoms with Crippen LogP contribution in [0.3, 0.4) is 0 Å². The van der Waals surface area contributed by atoms with Crippen molar-refractivity contribution in [3.05, 3.63) is 75.7 Å². The second-order valence-electron chi connectivity index (χ2n) is 7.83. The summed E-state index contributed by atoms with van der Waals surface area (Å²) < 4.78 is 10.5. The lowest BCUT2D eigenvalue weighted by Gasteiger charge is -2.40. The summed E-state index contributed by atoms with van der Waals surface area (Å²) in [5, 5.41) is 11.0. The molecule has 2 aliphatic rings. The normalized spacial score (nSPS) is 18.3. The molecule has 7 nitrogen and oxygen atoms in total. The van der Waals surface area contributed by atoms with Gasteiger partial charge in [0.05, 0.1) is 25.2 Å². The average Bonchev–Trinajstić information content (AvgIpc) is 2.79. The number of phenolic OH excluding ortho intramolecular Hbond substituents is 1. The summed E-state index contributed by atoms with van der Waals surface area (Å²) in [5.41, 5.74) is 9.26. The van der Waals surface area contributed by atoms with Crippen molar-refractivity contribution in [3.8, 4) is 11.5 Å². The first-order chi connectivity index (χ1) is 15.9. The van der Waals surface area contributed by atoms with Gasteiger partial charge >= 0.3 is 5.97 Å². The number of halogens is 1. The van der Waals surface area contributed by atoms with Gasteiger partial charge in [0.1, 0.15) is 5.82 Å². The molecule has 2 aromatic rings. The van der Waals surface area contributed by atoms with Gasteiger partial charge < -0.3 is 20.3 Å². The van der Waals surface area contributed by atoms with Crippen molar-refractivity contribution in [1.29, 1.82) is 0 Å². The number of ketones is 1. The topological polar surface area (TPSA) is 102 Å². The molecule has 1 unspecified atom stereocenters. The number of hydrogen-bond acceptors (Lipinski definition) is 7. The Morgan fingerprint density at radius 3 is 2.58 bits per heavy atom. The van der Waals surface area contributed by atoms with Gasteiger partial charge in [0, 0.05) is 28.4 Å². The number of carbonyl (C=O) groups is 2. The molecule has 1 atom stereocenters. The number of phenols is 1. The van der Waals surface area contributed by atoms with Gasteiger partial charge in [0.2, 0.25) is 0 Å². The number of esters is 1. The predicted molar refractivity (Wildman–Crippen MR) is 125 cm³/mol. The van der Waals surface area contributed by atoms with Crippen molar-refractivity contribution in [3.63, 3.8) is 0 Å². The molecule has 33 heavy (non-hydrogen) atoms. The van der Waals surface area contributed by atoms with Gasteiger partial charge in [0.25, 0.3) is 0 Å². The highest BCUT2D eigenvalue weighted by atomic mass is 35.5. The van der Waals surface area contributed by atoms with E-state index in [2.05, 4.69) is 0 Å². The largest absolute Gasteiger partial charge is 0.504 e. The van der Waals surface area contributed by atoms with Gasteiger partial charge in [-0.05, 0) is 61.7 Å². The highest BCUT2D eigenvalue weighted by molar-refractivity contribution is 6.30. The second-order valence-corrected chi connectivity index (χ2v) is 8.27. The van der Waals surface area contributed by atoms with Crippen LogP contribution in [0.1, 0.15) is 37.7 Å². The average molecular weight is 469 g/mol. The van der Waals surface area contributed by atoms with E-state index in [4.69, 9.17) is 26.8 Å². The molecule has 8 heteroatoms. The lowest BCUT2D eigenvalue weighted by Crippen LogP contribution is -2.41. The zero-order chi connectivity index (χ0) is 23.7. The number of nitrogens with zero attached hydrogens (tertiary/aromatic N) is 1. The molecule has 0 spiro atoms. The van der Waals surface area contributed by atoms with Gasteiger partial charge in [-0.15, -0.1) is 0 Å². The zero-order valence-electron chi connectivity index (χ0n) is 18.4. The molecule has 4 rings (SSSR count). The number of ether oxygens (including phenoxy) is 2. The minimum Gasteiger partial charge on any atom is -0.504 e. The van der Waals surface area contributed by atoms with Crippen LogP contribution in [0.2, 0.25) is 5.02 Å². The molecule has 0 radical (unpaired) electrons. The fourth-order valence-electron chi connectivity index (χ4n) is 4.50. The third-order valence-corrected chi connectivity index (χ3v) is 6.16. The maximum absolute atomic E-state index is 13.3. The van der Waals surface area contributed by atoms with Crippen LogP contribution in [-0.4, -0.2) is 30.6 Å². The van der Waals surface area contributed by atoms with E-state index in [9.17, 15) is 14.7 Å². The zero-order valence-corrected chi connectivity index (χ0v) is 19.2. The number of methoxy groups -OCH3 is 1. The smallest absolute Gasteiger partial charge is 0.338 e. The second kappa shape index (κ2) is 9.19. The molecule has 0 amide bonds. The number of carbonyl (C=O) groups excluding carboxylic acids is 2. The van der Waals surface area contributed by atoms with Crippen molar-refractivity contribution in [2.45, 2.75) is 32.1 Å². The molecule has 1 aliphatic carbocycles. The molecule has 172 valence electrons. The monoisotopic (exact) mass is 468 g/mol. The molecule has 0 bridgehead atoms. The number of benzene rings is 2. The number of hydrogen-bond donors (Lipinski definition) is 2. The van der Waals surface area contributed by atoms with Crippen molar-refractivity contribution < 1.29 is 24.2 Å². The molecule has 3 N–H and O–H groups in total. The number of anilines is 1. The Hall–Kier alpha value is -3.45. The molecule has 1 heterocycles. The molecule has 0 aromatic heterocycles. The summed E-state index contributed by atoms with van der Waals surface area (Å²) in [4.78, 5) is 28.2. The van der Waals surface area contributed by atoms with Crippen molar-refractivity contribution in [2.75, 3.05) is 18.6 Å². The summed E-state index contributed by atoms with van der Waals surface area (Å²) in [5.74, 6) is -1.07. The van der Waals surface area contributed by atoms with Crippen LogP contribution >= 0.6 is 11.6 Å². The SMILES string of the molecule is CCOC(=O)C1=C(N)N(c2ccc(Cl)cc2)C2=C(C(=O)CCC2)C1c1ccc(OC)c(O)c1. The van der Waals surface area contributed by atoms with Crippen LogP contribution in [0.4, 0.5) is 5.69 Å². The quantitative estimate of drug-likeness (QED) is 0.627. The maximum atomic E-state index is 13.3. The summed E-state index contributed by atoms with van der Waals surface area (Å²) >= 11 is 6.07. The Balaban J connectivity index is 1.98. The molecule has 0 fully saturated rings. The standard InChI is InChI=1S/C25H25ClN2O5/c1-3-33-25(31)23-21(14-7-12-20(32-2)19(30)13-14)22-17(5-4-6-18(22)29)28(24(23)27)16-10-8-15(26)9-11-16/h7-13,21,30H,3-6,27H2,1-2H3. The van der Waals surface area contributed by atoms with E-state index >= 15 is 0 Å². The van der Waals surface area contributed by atoms with Crippen LogP contribution in [-0.2, 0) is 14.3 Å². The summed E-state index contributed by atoms with van der Waals surface area (Å²) in [6, 6.07) is 11.9. The van der Waals surface area contributed by atoms with Crippen molar-refractivity contribution >= 4 is 29.0 Å². The predicted octanol–water partition coefficient (Wildman–Crippen LogP) is 4.40. The Morgan fingerprint density at radius 1 is 1.21 bits per heavy atom. The first-order valence-electron chi connectivity index (χ1n) is 10.7. The lowest BCUT2D eigenvalue weighted by molar-refractivity contribution is -0.138. The summed E-state index contributed by atoms with van der Waals surface area (Å²) in [7, 11) is 1.45. The van der Waals surface area contributed by atoms with Crippen molar-refractivity contribution in [2.24, 2.45) is 5.73 Å². The van der Waals surface area contributed by atoms with E-state index in [1.54, 1.807) is 48.2 Å². The van der Waals surface area contributed by atoms with Gasteiger partial charge in [0.15, 0.2) is 17.3 Å². The molecule has 1 aliphatic heterocycles. The highest BCUT2D eigenvalue weighted by Crippen LogP contribution is 2.47. The van der Waals surface area contributed by atoms with E-state index in [1.165, 1.54) is 13.2 Å². The van der Waals surface area contributed by atoms with E-state index in [-0.39, 0.29) is 35.3 Å². The van der Waals surface area contributed by atoms with E-state index in [0.29, 0.717) is 41.1 Å². The van der Waals surface area contributed by atoms with Crippen LogP contribution in [0.5, 0.6) is 11.5 Å². The number of nitrogens with two attached hydrogens (primary N) is 1. The van der Waals surface area contributed by atoms with Crippen LogP contribution in [0, 0.1) is 0 Å². The van der Waals surface area contributed by atoms with E-state index in [0.717, 1.165) is 5.70 Å². The fourth-order valence-corrected chi connectivity index (χ4v) is 4.63. The van der Waals surface area contributed by atoms with Gasteiger partial charge in [-0.25, -0.2) is 4.79 Å². The molecular formula is C25H25ClN2O5. The Labute approximate surface area is 197 Å².